The lowest BCUT2D eigenvalue weighted by atomic mass is 9.49. The zero-order valence-electron chi connectivity index (χ0n) is 19.0. The van der Waals surface area contributed by atoms with Gasteiger partial charge in [0.1, 0.15) is 0 Å². The first-order valence-electron chi connectivity index (χ1n) is 11.2. The predicted molar refractivity (Wildman–Crippen MR) is 105 cm³/mol. The summed E-state index contributed by atoms with van der Waals surface area (Å²) >= 11 is 0. The van der Waals surface area contributed by atoms with Crippen LogP contribution in [-0.4, -0.2) is 61.3 Å². The SMILES string of the molecule is CCOC(=O)C(OCCC(F)(F)C(F)(F)S(=O)(=O)[OH2+])(OC(=O)C12CC3CC(CC(C3)C1)C2)C(F)(F)F. The molecule has 8 nitrogen and oxygen atoms in total. The topological polar surface area (TPSA) is 119 Å². The monoisotopic (exact) mass is 559 g/mol. The number of carbonyl (C=O) groups excluding carboxylic acids is 2. The first-order chi connectivity index (χ1) is 16.3. The quantitative estimate of drug-likeness (QED) is 0.175. The third-order valence-electron chi connectivity index (χ3n) is 7.11. The molecule has 16 heteroatoms. The first-order valence-corrected chi connectivity index (χ1v) is 12.6. The number of ether oxygens (including phenoxy) is 3. The van der Waals surface area contributed by atoms with Crippen molar-refractivity contribution in [3.8, 4) is 0 Å². The molecule has 0 aromatic carbocycles. The summed E-state index contributed by atoms with van der Waals surface area (Å²) in [6.45, 7) is -1.56. The highest BCUT2D eigenvalue weighted by Crippen LogP contribution is 2.61. The average molecular weight is 559 g/mol. The van der Waals surface area contributed by atoms with Crippen molar-refractivity contribution in [2.45, 2.75) is 75.0 Å². The smallest absolute Gasteiger partial charge is 0.461 e. The van der Waals surface area contributed by atoms with E-state index in [1.807, 2.05) is 0 Å². The molecule has 0 saturated heterocycles. The zero-order valence-corrected chi connectivity index (χ0v) is 19.8. The summed E-state index contributed by atoms with van der Waals surface area (Å²) in [5, 5.41) is -5.97. The molecule has 0 amide bonds. The lowest BCUT2D eigenvalue weighted by Crippen LogP contribution is -2.61. The van der Waals surface area contributed by atoms with E-state index in [1.165, 1.54) is 0 Å². The van der Waals surface area contributed by atoms with E-state index in [0.29, 0.717) is 0 Å². The van der Waals surface area contributed by atoms with Gasteiger partial charge >= 0.3 is 45.2 Å². The van der Waals surface area contributed by atoms with Gasteiger partial charge in [0, 0.05) is 6.42 Å². The molecule has 0 radical (unpaired) electrons. The Labute approximate surface area is 201 Å². The van der Waals surface area contributed by atoms with Gasteiger partial charge < -0.3 is 18.8 Å². The van der Waals surface area contributed by atoms with E-state index in [0.717, 1.165) is 26.2 Å². The molecule has 0 aromatic heterocycles. The molecule has 0 aromatic rings. The number of hydrogen-bond acceptors (Lipinski definition) is 7. The van der Waals surface area contributed by atoms with Crippen molar-refractivity contribution >= 4 is 22.1 Å². The average Bonchev–Trinajstić information content (AvgIpc) is 2.70. The van der Waals surface area contributed by atoms with E-state index in [9.17, 15) is 48.7 Å². The minimum absolute atomic E-state index is 0.0698. The minimum Gasteiger partial charge on any atom is -0.461 e. The van der Waals surface area contributed by atoms with Crippen LogP contribution in [0, 0.1) is 23.2 Å². The third kappa shape index (κ3) is 4.91. The third-order valence-corrected chi connectivity index (χ3v) is 8.08. The molecule has 4 fully saturated rings. The number of alkyl halides is 7. The van der Waals surface area contributed by atoms with Gasteiger partial charge in [-0.1, -0.05) is 0 Å². The summed E-state index contributed by atoms with van der Waals surface area (Å²) in [5.41, 5.74) is -1.35. The molecular weight excluding hydrogens is 533 g/mol. The van der Waals surface area contributed by atoms with Crippen molar-refractivity contribution in [2.24, 2.45) is 23.2 Å². The van der Waals surface area contributed by atoms with E-state index in [4.69, 9.17) is 4.55 Å². The van der Waals surface area contributed by atoms with Gasteiger partial charge in [-0.15, -0.1) is 8.42 Å². The maximum Gasteiger partial charge on any atom is 0.478 e. The van der Waals surface area contributed by atoms with Gasteiger partial charge in [-0.05, 0) is 63.2 Å². The predicted octanol–water partition coefficient (Wildman–Crippen LogP) is 3.26. The molecule has 4 aliphatic carbocycles. The Morgan fingerprint density at radius 2 is 1.42 bits per heavy atom. The Bertz CT molecular complexity index is 946. The highest BCUT2D eigenvalue weighted by Gasteiger charge is 2.71. The van der Waals surface area contributed by atoms with Crippen LogP contribution in [0.4, 0.5) is 30.7 Å². The molecule has 36 heavy (non-hydrogen) atoms. The second-order valence-corrected chi connectivity index (χ2v) is 11.3. The Balaban J connectivity index is 1.88. The van der Waals surface area contributed by atoms with Gasteiger partial charge in [0.2, 0.25) is 0 Å². The molecule has 4 saturated carbocycles. The van der Waals surface area contributed by atoms with Crippen molar-refractivity contribution in [3.63, 3.8) is 0 Å². The molecule has 4 bridgehead atoms. The van der Waals surface area contributed by atoms with Crippen molar-refractivity contribution in [2.75, 3.05) is 13.2 Å². The van der Waals surface area contributed by atoms with Crippen LogP contribution in [-0.2, 0) is 33.9 Å². The molecule has 0 aliphatic heterocycles. The van der Waals surface area contributed by atoms with Crippen LogP contribution in [0.3, 0.4) is 0 Å². The molecule has 2 N–H and O–H groups in total. The minimum atomic E-state index is -6.41. The molecule has 1 atom stereocenters. The van der Waals surface area contributed by atoms with Gasteiger partial charge in [-0.2, -0.15) is 30.7 Å². The van der Waals surface area contributed by atoms with Gasteiger partial charge in [0.05, 0.1) is 18.6 Å². The number of esters is 2. The second kappa shape index (κ2) is 9.26. The lowest BCUT2D eigenvalue weighted by molar-refractivity contribution is -0.361. The number of halogens is 7. The summed E-state index contributed by atoms with van der Waals surface area (Å²) in [6.07, 6.45) is -5.21. The number of carbonyl (C=O) groups is 2. The van der Waals surface area contributed by atoms with E-state index in [2.05, 4.69) is 14.2 Å². The first kappa shape index (κ1) is 28.9. The normalized spacial score (nSPS) is 30.1. The summed E-state index contributed by atoms with van der Waals surface area (Å²) in [5.74, 6) is -13.6. The highest BCUT2D eigenvalue weighted by molar-refractivity contribution is 7.87. The van der Waals surface area contributed by atoms with Crippen LogP contribution >= 0.6 is 0 Å². The van der Waals surface area contributed by atoms with E-state index < -0.39 is 70.2 Å². The van der Waals surface area contributed by atoms with Crippen molar-refractivity contribution in [1.29, 1.82) is 0 Å². The van der Waals surface area contributed by atoms with Crippen LogP contribution in [0.25, 0.3) is 0 Å². The van der Waals surface area contributed by atoms with Crippen LogP contribution in [0.1, 0.15) is 51.9 Å². The fourth-order valence-electron chi connectivity index (χ4n) is 5.88. The lowest BCUT2D eigenvalue weighted by Gasteiger charge is -2.55. The Hall–Kier alpha value is -1.68. The molecule has 4 rings (SSSR count). The Morgan fingerprint density at radius 3 is 1.81 bits per heavy atom. The second-order valence-electron chi connectivity index (χ2n) is 9.75. The van der Waals surface area contributed by atoms with Crippen molar-refractivity contribution < 1.29 is 67.5 Å². The van der Waals surface area contributed by atoms with Crippen molar-refractivity contribution in [3.05, 3.63) is 0 Å². The number of hydrogen-bond donors (Lipinski definition) is 0. The van der Waals surface area contributed by atoms with E-state index >= 15 is 0 Å². The molecule has 0 spiro atoms. The summed E-state index contributed by atoms with van der Waals surface area (Å²) in [6, 6.07) is 0. The van der Waals surface area contributed by atoms with Crippen molar-refractivity contribution in [1.82, 2.24) is 0 Å². The molecule has 208 valence electrons. The Morgan fingerprint density at radius 1 is 0.944 bits per heavy atom. The summed E-state index contributed by atoms with van der Waals surface area (Å²) in [7, 11) is -6.41. The van der Waals surface area contributed by atoms with Gasteiger partial charge in [0.15, 0.2) is 0 Å². The molecule has 0 heterocycles. The maximum absolute atomic E-state index is 14.2. The maximum atomic E-state index is 14.2. The summed E-state index contributed by atoms with van der Waals surface area (Å²) < 4.78 is 138. The van der Waals surface area contributed by atoms with Crippen LogP contribution in [0.15, 0.2) is 0 Å². The van der Waals surface area contributed by atoms with E-state index in [-0.39, 0.29) is 37.0 Å². The highest BCUT2D eigenvalue weighted by atomic mass is 32.2. The zero-order chi connectivity index (χ0) is 27.4. The summed E-state index contributed by atoms with van der Waals surface area (Å²) in [4.78, 5) is 25.5. The fourth-order valence-corrected chi connectivity index (χ4v) is 6.37. The largest absolute Gasteiger partial charge is 0.478 e. The van der Waals surface area contributed by atoms with Gasteiger partial charge in [-0.25, -0.2) is 4.79 Å². The molecular formula is C20H26F7O8S+. The van der Waals surface area contributed by atoms with E-state index in [1.54, 1.807) is 0 Å². The molecule has 4 aliphatic rings. The molecule has 1 unspecified atom stereocenters. The standard InChI is InChI=1S/C20H25F7O8S/c1-2-33-15(29)18(19(23,24)25,34-4-3-17(21,22)20(26,27)36(30,31)32)35-14(28)16-8-11-5-12(9-16)7-13(6-11)10-16/h11-13H,2-10H2,1H3,(H,30,31,32)/p+1. The van der Waals surface area contributed by atoms with Crippen LogP contribution < -0.4 is 0 Å². The Kier molecular flexibility index (Phi) is 7.43. The van der Waals surface area contributed by atoms with Crippen LogP contribution in [0.2, 0.25) is 0 Å². The van der Waals surface area contributed by atoms with Gasteiger partial charge in [-0.3, -0.25) is 4.79 Å². The fraction of sp³-hybridized carbons (Fsp3) is 0.900. The number of rotatable bonds is 10. The van der Waals surface area contributed by atoms with Crippen LogP contribution in [0.5, 0.6) is 0 Å². The van der Waals surface area contributed by atoms with Gasteiger partial charge in [0.25, 0.3) is 0 Å².